The Bertz CT molecular complexity index is 403. The molecule has 0 amide bonds. The number of hydrogen-bond donors (Lipinski definition) is 1. The Morgan fingerprint density at radius 2 is 2.36 bits per heavy atom. The molecule has 0 saturated heterocycles. The second kappa shape index (κ2) is 4.34. The Labute approximate surface area is 90.0 Å². The lowest BCUT2D eigenvalue weighted by atomic mass is 10.4. The molecule has 0 spiro atoms. The number of rotatable bonds is 3. The van der Waals surface area contributed by atoms with E-state index in [1.807, 2.05) is 5.38 Å². The predicted molar refractivity (Wildman–Crippen MR) is 56.5 cm³/mol. The monoisotopic (exact) mass is 226 g/mol. The zero-order chi connectivity index (χ0) is 9.80. The molecule has 4 nitrogen and oxygen atoms in total. The van der Waals surface area contributed by atoms with Gasteiger partial charge in [0, 0.05) is 11.6 Å². The van der Waals surface area contributed by atoms with Crippen molar-refractivity contribution in [1.82, 2.24) is 15.0 Å². The third-order valence-electron chi connectivity index (χ3n) is 1.56. The number of hydrogen-bond acceptors (Lipinski definition) is 5. The molecule has 0 radical (unpaired) electrons. The van der Waals surface area contributed by atoms with Gasteiger partial charge < -0.3 is 5.32 Å². The van der Waals surface area contributed by atoms with Gasteiger partial charge in [-0.25, -0.2) is 15.0 Å². The fourth-order valence-electron chi connectivity index (χ4n) is 0.939. The first kappa shape index (κ1) is 9.36. The van der Waals surface area contributed by atoms with Crippen LogP contribution in [0.1, 0.15) is 5.69 Å². The number of aromatic nitrogens is 3. The molecule has 2 heterocycles. The van der Waals surface area contributed by atoms with Crippen molar-refractivity contribution in [3.05, 3.63) is 34.1 Å². The molecule has 2 aromatic heterocycles. The molecule has 0 aliphatic carbocycles. The largest absolute Gasteiger partial charge is 0.364 e. The zero-order valence-electron chi connectivity index (χ0n) is 7.14. The van der Waals surface area contributed by atoms with E-state index in [-0.39, 0.29) is 5.28 Å². The van der Waals surface area contributed by atoms with E-state index in [9.17, 15) is 0 Å². The molecule has 1 N–H and O–H groups in total. The highest BCUT2D eigenvalue weighted by atomic mass is 35.5. The van der Waals surface area contributed by atoms with Gasteiger partial charge in [0.15, 0.2) is 0 Å². The first-order valence-electron chi connectivity index (χ1n) is 3.94. The van der Waals surface area contributed by atoms with E-state index >= 15 is 0 Å². The minimum absolute atomic E-state index is 0.244. The Kier molecular flexibility index (Phi) is 2.90. The van der Waals surface area contributed by atoms with Crippen molar-refractivity contribution in [2.45, 2.75) is 6.54 Å². The molecule has 0 atom stereocenters. The van der Waals surface area contributed by atoms with Gasteiger partial charge in [-0.2, -0.15) is 0 Å². The van der Waals surface area contributed by atoms with Crippen LogP contribution in [0.4, 0.5) is 5.82 Å². The van der Waals surface area contributed by atoms with Crippen LogP contribution in [0, 0.1) is 0 Å². The molecule has 0 aliphatic rings. The van der Waals surface area contributed by atoms with E-state index in [0.29, 0.717) is 12.4 Å². The normalized spacial score (nSPS) is 10.1. The maximum Gasteiger partial charge on any atom is 0.224 e. The van der Waals surface area contributed by atoms with Crippen LogP contribution in [-0.2, 0) is 6.54 Å². The average Bonchev–Trinajstić information content (AvgIpc) is 2.67. The molecule has 0 aromatic carbocycles. The summed E-state index contributed by atoms with van der Waals surface area (Å²) in [6.07, 6.45) is 1.61. The van der Waals surface area contributed by atoms with Crippen molar-refractivity contribution in [2.24, 2.45) is 0 Å². The predicted octanol–water partition coefficient (Wildman–Crippen LogP) is 2.20. The minimum atomic E-state index is 0.244. The smallest absolute Gasteiger partial charge is 0.224 e. The summed E-state index contributed by atoms with van der Waals surface area (Å²) in [4.78, 5) is 11.9. The number of anilines is 1. The van der Waals surface area contributed by atoms with Crippen molar-refractivity contribution in [3.8, 4) is 0 Å². The van der Waals surface area contributed by atoms with Gasteiger partial charge in [-0.05, 0) is 17.7 Å². The zero-order valence-corrected chi connectivity index (χ0v) is 8.72. The molecule has 0 saturated carbocycles. The summed E-state index contributed by atoms with van der Waals surface area (Å²) in [5.74, 6) is 0.706. The third kappa shape index (κ3) is 2.40. The van der Waals surface area contributed by atoms with Crippen LogP contribution in [0.2, 0.25) is 5.28 Å². The van der Waals surface area contributed by atoms with E-state index in [1.165, 1.54) is 0 Å². The highest BCUT2D eigenvalue weighted by molar-refractivity contribution is 7.07. The summed E-state index contributed by atoms with van der Waals surface area (Å²) in [6, 6.07) is 1.76. The van der Waals surface area contributed by atoms with Crippen LogP contribution in [0.3, 0.4) is 0 Å². The Morgan fingerprint density at radius 3 is 3.07 bits per heavy atom. The summed E-state index contributed by atoms with van der Waals surface area (Å²) < 4.78 is 0. The van der Waals surface area contributed by atoms with Crippen LogP contribution in [-0.4, -0.2) is 15.0 Å². The minimum Gasteiger partial charge on any atom is -0.364 e. The molecular weight excluding hydrogens is 220 g/mol. The van der Waals surface area contributed by atoms with Gasteiger partial charge in [-0.1, -0.05) is 0 Å². The standard InChI is InChI=1S/C8H7ClN4S/c9-8-10-2-1-7(13-8)11-3-6-4-14-5-12-6/h1-2,4-5H,3H2,(H,10,11,13). The number of nitrogens with one attached hydrogen (secondary N) is 1. The van der Waals surface area contributed by atoms with Gasteiger partial charge >= 0.3 is 0 Å². The Hall–Kier alpha value is -1.20. The molecule has 72 valence electrons. The quantitative estimate of drug-likeness (QED) is 0.816. The molecule has 6 heteroatoms. The lowest BCUT2D eigenvalue weighted by Crippen LogP contribution is -2.01. The maximum absolute atomic E-state index is 5.63. The summed E-state index contributed by atoms with van der Waals surface area (Å²) in [5.41, 5.74) is 2.79. The molecule has 2 aromatic rings. The van der Waals surface area contributed by atoms with Gasteiger partial charge in [0.2, 0.25) is 5.28 Å². The lowest BCUT2D eigenvalue weighted by Gasteiger charge is -2.02. The first-order chi connectivity index (χ1) is 6.84. The van der Waals surface area contributed by atoms with Gasteiger partial charge in [-0.15, -0.1) is 11.3 Å². The molecular formula is C8H7ClN4S. The van der Waals surface area contributed by atoms with Gasteiger partial charge in [0.25, 0.3) is 0 Å². The molecule has 0 aliphatic heterocycles. The average molecular weight is 227 g/mol. The fourth-order valence-corrected chi connectivity index (χ4v) is 1.65. The third-order valence-corrected chi connectivity index (χ3v) is 2.38. The van der Waals surface area contributed by atoms with Gasteiger partial charge in [0.05, 0.1) is 17.7 Å². The number of halogens is 1. The molecule has 0 unspecified atom stereocenters. The van der Waals surface area contributed by atoms with E-state index < -0.39 is 0 Å². The number of nitrogens with zero attached hydrogens (tertiary/aromatic N) is 3. The number of thiazole rings is 1. The summed E-state index contributed by atoms with van der Waals surface area (Å²) in [7, 11) is 0. The topological polar surface area (TPSA) is 50.7 Å². The summed E-state index contributed by atoms with van der Waals surface area (Å²) >= 11 is 7.20. The Balaban J connectivity index is 1.98. The molecule has 2 rings (SSSR count). The fraction of sp³-hybridized carbons (Fsp3) is 0.125. The second-order valence-electron chi connectivity index (χ2n) is 2.54. The van der Waals surface area contributed by atoms with E-state index in [2.05, 4.69) is 20.3 Å². The summed E-state index contributed by atoms with van der Waals surface area (Å²) in [6.45, 7) is 0.650. The van der Waals surface area contributed by atoms with E-state index in [1.54, 1.807) is 29.1 Å². The molecule has 0 bridgehead atoms. The first-order valence-corrected chi connectivity index (χ1v) is 5.26. The van der Waals surface area contributed by atoms with Crippen molar-refractivity contribution >= 4 is 28.8 Å². The highest BCUT2D eigenvalue weighted by Crippen LogP contribution is 2.08. The molecule has 14 heavy (non-hydrogen) atoms. The van der Waals surface area contributed by atoms with Crippen molar-refractivity contribution < 1.29 is 0 Å². The summed E-state index contributed by atoms with van der Waals surface area (Å²) in [5, 5.41) is 5.32. The lowest BCUT2D eigenvalue weighted by molar-refractivity contribution is 1.04. The maximum atomic E-state index is 5.63. The van der Waals surface area contributed by atoms with Crippen LogP contribution in [0.5, 0.6) is 0 Å². The molecule has 0 fully saturated rings. The van der Waals surface area contributed by atoms with E-state index in [4.69, 9.17) is 11.6 Å². The van der Waals surface area contributed by atoms with E-state index in [0.717, 1.165) is 5.69 Å². The van der Waals surface area contributed by atoms with Crippen LogP contribution in [0.15, 0.2) is 23.2 Å². The van der Waals surface area contributed by atoms with Gasteiger partial charge in [-0.3, -0.25) is 0 Å². The second-order valence-corrected chi connectivity index (χ2v) is 3.60. The van der Waals surface area contributed by atoms with Crippen molar-refractivity contribution in [2.75, 3.05) is 5.32 Å². The Morgan fingerprint density at radius 1 is 1.43 bits per heavy atom. The highest BCUT2D eigenvalue weighted by Gasteiger charge is 1.97. The SMILES string of the molecule is Clc1nccc(NCc2cscn2)n1. The van der Waals surface area contributed by atoms with Crippen LogP contribution >= 0.6 is 22.9 Å². The van der Waals surface area contributed by atoms with Crippen molar-refractivity contribution in [3.63, 3.8) is 0 Å². The van der Waals surface area contributed by atoms with Crippen LogP contribution < -0.4 is 5.32 Å². The van der Waals surface area contributed by atoms with Crippen LogP contribution in [0.25, 0.3) is 0 Å². The van der Waals surface area contributed by atoms with Crippen molar-refractivity contribution in [1.29, 1.82) is 0 Å². The van der Waals surface area contributed by atoms with Gasteiger partial charge in [0.1, 0.15) is 5.82 Å².